The average Bonchev–Trinajstić information content (AvgIpc) is 3.28. The van der Waals surface area contributed by atoms with Gasteiger partial charge in [0.15, 0.2) is 0 Å². The molecule has 0 bridgehead atoms. The first-order valence-electron chi connectivity index (χ1n) is 12.3. The predicted octanol–water partition coefficient (Wildman–Crippen LogP) is 7.07. The van der Waals surface area contributed by atoms with Crippen LogP contribution in [0.1, 0.15) is 61.3 Å². The molecule has 1 amide bonds. The Balaban J connectivity index is 1.80. The number of aromatic nitrogens is 2. The molecule has 174 valence electrons. The van der Waals surface area contributed by atoms with Crippen LogP contribution >= 0.6 is 0 Å². The van der Waals surface area contributed by atoms with Crippen molar-refractivity contribution >= 4 is 5.91 Å². The number of nitrogens with zero attached hydrogens (tertiary/aromatic N) is 2. The summed E-state index contributed by atoms with van der Waals surface area (Å²) in [6, 6.07) is 28.7. The van der Waals surface area contributed by atoms with Crippen molar-refractivity contribution in [2.45, 2.75) is 52.6 Å². The number of hydrogen-bond acceptors (Lipinski definition) is 2. The molecule has 1 aromatic heterocycles. The minimum atomic E-state index is -0.0973. The molecule has 34 heavy (non-hydrogen) atoms. The van der Waals surface area contributed by atoms with Crippen molar-refractivity contribution in [3.8, 4) is 22.6 Å². The number of aryl methyl sites for hydroxylation is 1. The molecule has 4 heteroatoms. The number of hydrogen-bond donors (Lipinski definition) is 1. The standard InChI is InChI=1S/C30H33N3O/c1-4-13-22-18-20-24(21-19-22)27-28(30(34)31-26(5-2)23-14-9-7-10-15-23)33(6-3)29(32-27)25-16-11-8-12-17-25/h7-12,14-21,26H,4-6,13H2,1-3H3,(H,31,34)/t26-/m1/s1. The number of nitrogens with one attached hydrogen (secondary N) is 1. The number of rotatable bonds is 9. The Morgan fingerprint density at radius 1 is 0.853 bits per heavy atom. The van der Waals surface area contributed by atoms with E-state index in [1.807, 2.05) is 53.1 Å². The normalized spacial score (nSPS) is 11.9. The third kappa shape index (κ3) is 4.96. The quantitative estimate of drug-likeness (QED) is 0.296. The van der Waals surface area contributed by atoms with Gasteiger partial charge in [-0.2, -0.15) is 0 Å². The molecule has 0 saturated heterocycles. The van der Waals surface area contributed by atoms with Gasteiger partial charge in [0.05, 0.1) is 6.04 Å². The van der Waals surface area contributed by atoms with Crippen molar-refractivity contribution in [3.63, 3.8) is 0 Å². The third-order valence-corrected chi connectivity index (χ3v) is 6.21. The summed E-state index contributed by atoms with van der Waals surface area (Å²) in [6.45, 7) is 6.99. The van der Waals surface area contributed by atoms with Crippen LogP contribution in [0.15, 0.2) is 84.9 Å². The fourth-order valence-electron chi connectivity index (χ4n) is 4.45. The van der Waals surface area contributed by atoms with Gasteiger partial charge in [0.25, 0.3) is 5.91 Å². The first-order chi connectivity index (χ1) is 16.7. The summed E-state index contributed by atoms with van der Waals surface area (Å²) in [4.78, 5) is 18.8. The maximum atomic E-state index is 13.8. The van der Waals surface area contributed by atoms with E-state index in [1.54, 1.807) is 0 Å². The second kappa shape index (κ2) is 11.0. The fraction of sp³-hybridized carbons (Fsp3) is 0.267. The third-order valence-electron chi connectivity index (χ3n) is 6.21. The molecule has 0 unspecified atom stereocenters. The smallest absolute Gasteiger partial charge is 0.270 e. The molecule has 0 fully saturated rings. The summed E-state index contributed by atoms with van der Waals surface area (Å²) in [7, 11) is 0. The molecule has 4 nitrogen and oxygen atoms in total. The van der Waals surface area contributed by atoms with Crippen LogP contribution in [0.2, 0.25) is 0 Å². The molecule has 0 saturated carbocycles. The summed E-state index contributed by atoms with van der Waals surface area (Å²) >= 11 is 0. The zero-order valence-electron chi connectivity index (χ0n) is 20.3. The Kier molecular flexibility index (Phi) is 7.58. The molecule has 0 aliphatic rings. The minimum Gasteiger partial charge on any atom is -0.344 e. The van der Waals surface area contributed by atoms with Crippen LogP contribution in [-0.2, 0) is 13.0 Å². The molecule has 0 radical (unpaired) electrons. The van der Waals surface area contributed by atoms with Gasteiger partial charge in [0.2, 0.25) is 0 Å². The van der Waals surface area contributed by atoms with E-state index < -0.39 is 0 Å². The SMILES string of the molecule is CCCc1ccc(-c2nc(-c3ccccc3)n(CC)c2C(=O)N[C@H](CC)c2ccccc2)cc1. The first kappa shape index (κ1) is 23.5. The largest absolute Gasteiger partial charge is 0.344 e. The molecule has 0 spiro atoms. The molecule has 0 aliphatic heterocycles. The van der Waals surface area contributed by atoms with Crippen LogP contribution in [0.3, 0.4) is 0 Å². The highest BCUT2D eigenvalue weighted by Gasteiger charge is 2.26. The van der Waals surface area contributed by atoms with Crippen molar-refractivity contribution in [2.24, 2.45) is 0 Å². The van der Waals surface area contributed by atoms with Crippen molar-refractivity contribution in [1.29, 1.82) is 0 Å². The van der Waals surface area contributed by atoms with Crippen LogP contribution in [0, 0.1) is 0 Å². The molecule has 4 rings (SSSR count). The summed E-state index contributed by atoms with van der Waals surface area (Å²) in [6.07, 6.45) is 2.96. The lowest BCUT2D eigenvalue weighted by Gasteiger charge is -2.19. The lowest BCUT2D eigenvalue weighted by Crippen LogP contribution is -2.30. The Hall–Kier alpha value is -3.66. The maximum absolute atomic E-state index is 13.8. The van der Waals surface area contributed by atoms with E-state index in [-0.39, 0.29) is 11.9 Å². The van der Waals surface area contributed by atoms with Crippen molar-refractivity contribution in [2.75, 3.05) is 0 Å². The van der Waals surface area contributed by atoms with Gasteiger partial charge in [-0.3, -0.25) is 4.79 Å². The highest BCUT2D eigenvalue weighted by Crippen LogP contribution is 2.31. The van der Waals surface area contributed by atoms with Gasteiger partial charge in [-0.25, -0.2) is 4.98 Å². The fourth-order valence-corrected chi connectivity index (χ4v) is 4.45. The Morgan fingerprint density at radius 3 is 2.09 bits per heavy atom. The summed E-state index contributed by atoms with van der Waals surface area (Å²) in [5.74, 6) is 0.716. The molecule has 1 atom stereocenters. The second-order valence-corrected chi connectivity index (χ2v) is 8.53. The molecule has 3 aromatic carbocycles. The van der Waals surface area contributed by atoms with Gasteiger partial charge < -0.3 is 9.88 Å². The topological polar surface area (TPSA) is 46.9 Å². The van der Waals surface area contributed by atoms with Crippen LogP contribution in [0.25, 0.3) is 22.6 Å². The predicted molar refractivity (Wildman–Crippen MR) is 140 cm³/mol. The highest BCUT2D eigenvalue weighted by atomic mass is 16.2. The van der Waals surface area contributed by atoms with Gasteiger partial charge in [0.1, 0.15) is 17.2 Å². The Morgan fingerprint density at radius 2 is 1.50 bits per heavy atom. The number of imidazole rings is 1. The Bertz CT molecular complexity index is 1210. The highest BCUT2D eigenvalue weighted by molar-refractivity contribution is 5.99. The zero-order chi connectivity index (χ0) is 23.9. The molecular weight excluding hydrogens is 418 g/mol. The first-order valence-corrected chi connectivity index (χ1v) is 12.3. The van der Waals surface area contributed by atoms with E-state index in [4.69, 9.17) is 4.98 Å². The van der Waals surface area contributed by atoms with Crippen molar-refractivity contribution < 1.29 is 4.79 Å². The zero-order valence-corrected chi connectivity index (χ0v) is 20.3. The summed E-state index contributed by atoms with van der Waals surface area (Å²) in [5.41, 5.74) is 5.70. The van der Waals surface area contributed by atoms with Crippen molar-refractivity contribution in [1.82, 2.24) is 14.9 Å². The van der Waals surface area contributed by atoms with Gasteiger partial charge >= 0.3 is 0 Å². The van der Waals surface area contributed by atoms with Gasteiger partial charge in [-0.1, -0.05) is 105 Å². The van der Waals surface area contributed by atoms with E-state index in [9.17, 15) is 4.79 Å². The van der Waals surface area contributed by atoms with Crippen LogP contribution in [0.5, 0.6) is 0 Å². The van der Waals surface area contributed by atoms with Gasteiger partial charge in [0, 0.05) is 17.7 Å². The van der Waals surface area contributed by atoms with E-state index >= 15 is 0 Å². The summed E-state index contributed by atoms with van der Waals surface area (Å²) in [5, 5.41) is 3.28. The van der Waals surface area contributed by atoms with Crippen LogP contribution < -0.4 is 5.32 Å². The van der Waals surface area contributed by atoms with Gasteiger partial charge in [-0.15, -0.1) is 0 Å². The molecule has 4 aromatic rings. The monoisotopic (exact) mass is 451 g/mol. The Labute approximate surface area is 202 Å². The summed E-state index contributed by atoms with van der Waals surface area (Å²) < 4.78 is 2.04. The second-order valence-electron chi connectivity index (χ2n) is 8.53. The van der Waals surface area contributed by atoms with Crippen LogP contribution in [-0.4, -0.2) is 15.5 Å². The number of carbonyl (C=O) groups excluding carboxylic acids is 1. The average molecular weight is 452 g/mol. The molecule has 1 heterocycles. The van der Waals surface area contributed by atoms with E-state index in [1.165, 1.54) is 5.56 Å². The lowest BCUT2D eigenvalue weighted by molar-refractivity contribution is 0.0927. The molecule has 0 aliphatic carbocycles. The van der Waals surface area contributed by atoms with E-state index in [2.05, 4.69) is 62.5 Å². The molecule has 1 N–H and O–H groups in total. The maximum Gasteiger partial charge on any atom is 0.270 e. The molecular formula is C30H33N3O. The number of amides is 1. The van der Waals surface area contributed by atoms with E-state index in [0.717, 1.165) is 47.5 Å². The van der Waals surface area contributed by atoms with Gasteiger partial charge in [-0.05, 0) is 30.9 Å². The lowest BCUT2D eigenvalue weighted by atomic mass is 10.0. The van der Waals surface area contributed by atoms with Crippen LogP contribution in [0.4, 0.5) is 0 Å². The van der Waals surface area contributed by atoms with Crippen molar-refractivity contribution in [3.05, 3.63) is 102 Å². The number of carbonyl (C=O) groups is 1. The number of benzene rings is 3. The minimum absolute atomic E-state index is 0.0612. The van der Waals surface area contributed by atoms with E-state index in [0.29, 0.717) is 12.2 Å².